The van der Waals surface area contributed by atoms with Crippen LogP contribution in [-0.2, 0) is 24.1 Å². The summed E-state index contributed by atoms with van der Waals surface area (Å²) < 4.78 is 49.8. The molecule has 3 heterocycles. The fourth-order valence-electron chi connectivity index (χ4n) is 8.96. The monoisotopic (exact) mass is 1050 g/mol. The SMILES string of the molecule is COc1ccc(C(OC[C@H]2O[C@@H](n3cnc4c(/N=C/N(C)C)nc(OC(=O)N(c5ccccc5)c5ccccc5)nc43)C[C@@H]2OP(OCCC#N)N(CC(C)C)CC(C)C)(c2ccccc2)c2ccc(OC)cc2)cc1. The Labute approximate surface area is 446 Å². The molecule has 1 saturated heterocycles. The highest BCUT2D eigenvalue weighted by Gasteiger charge is 2.45. The van der Waals surface area contributed by atoms with E-state index < -0.39 is 38.7 Å². The van der Waals surface area contributed by atoms with Gasteiger partial charge in [0.2, 0.25) is 0 Å². The maximum absolute atomic E-state index is 14.4. The number of hydrogen-bond acceptors (Lipinski definition) is 14. The molecular formula is C58H66N9O8P. The number of carbonyl (C=O) groups is 1. The van der Waals surface area contributed by atoms with E-state index in [1.54, 1.807) is 36.4 Å². The van der Waals surface area contributed by atoms with Crippen molar-refractivity contribution in [1.29, 1.82) is 5.26 Å². The predicted octanol–water partition coefficient (Wildman–Crippen LogP) is 11.9. The van der Waals surface area contributed by atoms with E-state index in [0.29, 0.717) is 53.5 Å². The number of methoxy groups -OCH3 is 2. The van der Waals surface area contributed by atoms with Crippen molar-refractivity contribution in [2.45, 2.75) is 64.6 Å². The molecule has 1 aliphatic heterocycles. The molecule has 8 rings (SSSR count). The zero-order chi connectivity index (χ0) is 53.6. The summed E-state index contributed by atoms with van der Waals surface area (Å²) in [4.78, 5) is 36.5. The van der Waals surface area contributed by atoms with Crippen molar-refractivity contribution in [3.05, 3.63) is 163 Å². The first-order valence-electron chi connectivity index (χ1n) is 25.3. The normalized spacial score (nSPS) is 16.1. The van der Waals surface area contributed by atoms with Crippen molar-refractivity contribution in [2.75, 3.05) is 59.5 Å². The number of imidazole rings is 1. The number of rotatable bonds is 24. The van der Waals surface area contributed by atoms with Crippen molar-refractivity contribution < 1.29 is 37.5 Å². The van der Waals surface area contributed by atoms with E-state index in [9.17, 15) is 10.1 Å². The van der Waals surface area contributed by atoms with Crippen LogP contribution in [-0.4, -0.2) is 108 Å². The number of aliphatic imine (C=N–C) groups is 1. The van der Waals surface area contributed by atoms with Crippen molar-refractivity contribution in [3.63, 3.8) is 0 Å². The van der Waals surface area contributed by atoms with Gasteiger partial charge in [0.25, 0.3) is 8.53 Å². The molecular weight excluding hydrogens is 982 g/mol. The molecule has 5 aromatic carbocycles. The van der Waals surface area contributed by atoms with Gasteiger partial charge in [0.05, 0.1) is 70.1 Å². The summed E-state index contributed by atoms with van der Waals surface area (Å²) in [6.07, 6.45) is 0.881. The quantitative estimate of drug-likeness (QED) is 0.0184. The molecule has 2 aromatic heterocycles. The number of para-hydroxylation sites is 2. The fraction of sp³-hybridized carbons (Fsp3) is 0.345. The number of amides is 1. The minimum absolute atomic E-state index is 0.0293. The van der Waals surface area contributed by atoms with Gasteiger partial charge in [-0.05, 0) is 77.1 Å². The summed E-state index contributed by atoms with van der Waals surface area (Å²) in [5.41, 5.74) is 3.23. The van der Waals surface area contributed by atoms with E-state index in [1.165, 1.54) is 4.90 Å². The minimum atomic E-state index is -1.73. The molecule has 0 bridgehead atoms. The van der Waals surface area contributed by atoms with Gasteiger partial charge in [0.1, 0.15) is 29.4 Å². The molecule has 18 heteroatoms. The smallest absolute Gasteiger partial charge is 0.426 e. The Kier molecular flexibility index (Phi) is 18.8. The molecule has 1 unspecified atom stereocenters. The second-order valence-corrected chi connectivity index (χ2v) is 20.7. The number of hydrogen-bond donors (Lipinski definition) is 0. The topological polar surface area (TPSA) is 171 Å². The summed E-state index contributed by atoms with van der Waals surface area (Å²) in [5.74, 6) is 2.15. The highest BCUT2D eigenvalue weighted by atomic mass is 31.2. The average molecular weight is 1050 g/mol. The van der Waals surface area contributed by atoms with Crippen LogP contribution in [0, 0.1) is 23.2 Å². The van der Waals surface area contributed by atoms with Crippen LogP contribution in [0.2, 0.25) is 0 Å². The molecule has 4 atom stereocenters. The number of anilines is 2. The molecule has 0 N–H and O–H groups in total. The van der Waals surface area contributed by atoms with Gasteiger partial charge < -0.3 is 37.6 Å². The summed E-state index contributed by atoms with van der Waals surface area (Å²) in [7, 11) is 5.23. The van der Waals surface area contributed by atoms with E-state index in [0.717, 1.165) is 16.7 Å². The Morgan fingerprint density at radius 1 is 0.816 bits per heavy atom. The Morgan fingerprint density at radius 3 is 1.89 bits per heavy atom. The number of nitrogens with zero attached hydrogens (tertiary/aromatic N) is 9. The molecule has 7 aromatic rings. The van der Waals surface area contributed by atoms with Crippen molar-refractivity contribution in [2.24, 2.45) is 16.8 Å². The average Bonchev–Trinajstić information content (AvgIpc) is 4.07. The Balaban J connectivity index is 1.23. The first-order chi connectivity index (χ1) is 36.9. The largest absolute Gasteiger partial charge is 0.497 e. The van der Waals surface area contributed by atoms with Crippen LogP contribution in [0.1, 0.15) is 63.5 Å². The van der Waals surface area contributed by atoms with E-state index in [1.807, 2.05) is 141 Å². The third-order valence-electron chi connectivity index (χ3n) is 12.3. The maximum Gasteiger partial charge on any atom is 0.426 e. The van der Waals surface area contributed by atoms with E-state index in [2.05, 4.69) is 60.5 Å². The molecule has 1 aliphatic rings. The van der Waals surface area contributed by atoms with Gasteiger partial charge in [-0.15, -0.1) is 0 Å². The molecule has 0 radical (unpaired) electrons. The van der Waals surface area contributed by atoms with Crippen LogP contribution >= 0.6 is 8.53 Å². The van der Waals surface area contributed by atoms with Gasteiger partial charge in [-0.1, -0.05) is 119 Å². The molecule has 0 aliphatic carbocycles. The molecule has 0 saturated carbocycles. The maximum atomic E-state index is 14.4. The molecule has 17 nitrogen and oxygen atoms in total. The highest BCUT2D eigenvalue weighted by molar-refractivity contribution is 7.44. The minimum Gasteiger partial charge on any atom is -0.497 e. The first kappa shape index (κ1) is 55.0. The lowest BCUT2D eigenvalue weighted by Crippen LogP contribution is -2.39. The van der Waals surface area contributed by atoms with Crippen LogP contribution in [0.4, 0.5) is 22.0 Å². The Hall–Kier alpha value is -7.29. The second kappa shape index (κ2) is 26.0. The van der Waals surface area contributed by atoms with Gasteiger partial charge >= 0.3 is 12.1 Å². The third-order valence-corrected chi connectivity index (χ3v) is 14.0. The Bertz CT molecular complexity index is 2920. The molecule has 0 spiro atoms. The fourth-order valence-corrected chi connectivity index (χ4v) is 10.9. The number of carbonyl (C=O) groups excluding carboxylic acids is 1. The van der Waals surface area contributed by atoms with E-state index in [-0.39, 0.29) is 43.3 Å². The highest BCUT2D eigenvalue weighted by Crippen LogP contribution is 2.50. The first-order valence-corrected chi connectivity index (χ1v) is 26.5. The van der Waals surface area contributed by atoms with Crippen molar-refractivity contribution >= 4 is 49.3 Å². The lowest BCUT2D eigenvalue weighted by Gasteiger charge is -2.38. The van der Waals surface area contributed by atoms with Crippen molar-refractivity contribution in [3.8, 4) is 23.6 Å². The van der Waals surface area contributed by atoms with Crippen LogP contribution in [0.15, 0.2) is 151 Å². The molecule has 1 fully saturated rings. The summed E-state index contributed by atoms with van der Waals surface area (Å²) in [6, 6.07) is 46.2. The summed E-state index contributed by atoms with van der Waals surface area (Å²) in [5, 5.41) is 9.64. The summed E-state index contributed by atoms with van der Waals surface area (Å²) >= 11 is 0. The van der Waals surface area contributed by atoms with Gasteiger partial charge in [0, 0.05) is 33.6 Å². The predicted molar refractivity (Wildman–Crippen MR) is 294 cm³/mol. The lowest BCUT2D eigenvalue weighted by atomic mass is 9.80. The number of benzene rings is 5. The number of ether oxygens (including phenoxy) is 5. The second-order valence-electron chi connectivity index (χ2n) is 19.2. The van der Waals surface area contributed by atoms with Gasteiger partial charge in [0.15, 0.2) is 17.0 Å². The number of aromatic nitrogens is 4. The number of fused-ring (bicyclic) bond motifs is 1. The van der Waals surface area contributed by atoms with Crippen LogP contribution in [0.3, 0.4) is 0 Å². The third kappa shape index (κ3) is 13.2. The van der Waals surface area contributed by atoms with Crippen LogP contribution in [0.25, 0.3) is 11.2 Å². The van der Waals surface area contributed by atoms with E-state index >= 15 is 0 Å². The zero-order valence-electron chi connectivity index (χ0n) is 44.3. The molecule has 1 amide bonds. The zero-order valence-corrected chi connectivity index (χ0v) is 45.2. The van der Waals surface area contributed by atoms with Gasteiger partial charge in [-0.3, -0.25) is 4.57 Å². The summed E-state index contributed by atoms with van der Waals surface area (Å²) in [6.45, 7) is 10.3. The number of nitriles is 1. The molecule has 396 valence electrons. The van der Waals surface area contributed by atoms with Crippen LogP contribution < -0.4 is 19.1 Å². The van der Waals surface area contributed by atoms with E-state index in [4.69, 9.17) is 42.7 Å². The molecule has 76 heavy (non-hydrogen) atoms. The van der Waals surface area contributed by atoms with Crippen molar-refractivity contribution in [1.82, 2.24) is 29.1 Å². The lowest BCUT2D eigenvalue weighted by molar-refractivity contribution is -0.0910. The van der Waals surface area contributed by atoms with Gasteiger partial charge in [-0.2, -0.15) is 15.2 Å². The van der Waals surface area contributed by atoms with Crippen LogP contribution in [0.5, 0.6) is 17.5 Å². The van der Waals surface area contributed by atoms with Gasteiger partial charge in [-0.25, -0.2) is 24.3 Å². The Morgan fingerprint density at radius 2 is 1.37 bits per heavy atom. The standard InChI is InChI=1S/C58H66N9O8P/c1-41(2)36-65(37-42(3)4)76(72-34-18-33-59)75-50-35-52(73-51(50)38-71-58(43-19-12-9-13-20-43,44-25-29-48(69-7)30-26-44)45-27-31-49(70-8)32-28-45)66-40-60-53-54(61-39-64(5)6)62-56(63-55(53)66)74-57(68)67(46-21-14-10-15-22-46)47-23-16-11-17-24-47/h9-17,19-32,39-42,50-52H,18,34-38H2,1-8H3/b61-39+/t50-,51+,52+,76?/m0/s1.